The molecule has 1 aromatic heterocycles. The first-order chi connectivity index (χ1) is 16.2. The van der Waals surface area contributed by atoms with Crippen LogP contribution in [0.5, 0.6) is 0 Å². The highest BCUT2D eigenvalue weighted by molar-refractivity contribution is 5.99. The molecule has 0 bridgehead atoms. The van der Waals surface area contributed by atoms with Crippen molar-refractivity contribution >= 4 is 22.7 Å². The number of nitrogens with one attached hydrogen (secondary N) is 1. The molecule has 2 amide bonds. The summed E-state index contributed by atoms with van der Waals surface area (Å²) in [5, 5.41) is 3.94. The van der Waals surface area contributed by atoms with Crippen LogP contribution >= 0.6 is 0 Å². The van der Waals surface area contributed by atoms with Crippen molar-refractivity contribution in [3.63, 3.8) is 0 Å². The summed E-state index contributed by atoms with van der Waals surface area (Å²) < 4.78 is 13.2. The lowest BCUT2D eigenvalue weighted by atomic mass is 9.95. The zero-order chi connectivity index (χ0) is 24.3. The van der Waals surface area contributed by atoms with E-state index in [4.69, 9.17) is 0 Å². The standard InChI is InChI=1S/C27H31FN4O2/c1-27(2,30-25(33)21-9-11-23(28)12-10-21)26(34)32-15-14-31(3)17-19(18-32)16-22-7-4-6-20-8-5-13-29-24(20)22/h4-13,19H,14-18H2,1-3H3,(H,30,33)/t19-/m1/s1. The first-order valence-corrected chi connectivity index (χ1v) is 11.6. The summed E-state index contributed by atoms with van der Waals surface area (Å²) in [5.41, 5.74) is 1.40. The number of hydrogen-bond acceptors (Lipinski definition) is 4. The Morgan fingerprint density at radius 2 is 1.79 bits per heavy atom. The van der Waals surface area contributed by atoms with E-state index in [1.807, 2.05) is 17.2 Å². The Balaban J connectivity index is 1.49. The minimum atomic E-state index is -1.10. The largest absolute Gasteiger partial charge is 0.339 e. The Bertz CT molecular complexity index is 1170. The van der Waals surface area contributed by atoms with E-state index in [1.165, 1.54) is 29.8 Å². The van der Waals surface area contributed by atoms with Crippen LogP contribution in [0.3, 0.4) is 0 Å². The number of amides is 2. The van der Waals surface area contributed by atoms with Gasteiger partial charge >= 0.3 is 0 Å². The first-order valence-electron chi connectivity index (χ1n) is 11.6. The maximum Gasteiger partial charge on any atom is 0.252 e. The molecule has 2 aromatic carbocycles. The molecule has 0 unspecified atom stereocenters. The number of halogens is 1. The van der Waals surface area contributed by atoms with Crippen molar-refractivity contribution in [3.05, 3.63) is 77.7 Å². The number of nitrogens with zero attached hydrogens (tertiary/aromatic N) is 3. The van der Waals surface area contributed by atoms with Gasteiger partial charge in [-0.05, 0) is 69.1 Å². The molecular formula is C27H31FN4O2. The second-order valence-corrected chi connectivity index (χ2v) is 9.66. The minimum Gasteiger partial charge on any atom is -0.339 e. The number of aromatic nitrogens is 1. The molecule has 2 heterocycles. The van der Waals surface area contributed by atoms with Gasteiger partial charge in [-0.1, -0.05) is 24.3 Å². The Morgan fingerprint density at radius 3 is 2.56 bits per heavy atom. The third-order valence-electron chi connectivity index (χ3n) is 6.38. The highest BCUT2D eigenvalue weighted by Crippen LogP contribution is 2.22. The highest BCUT2D eigenvalue weighted by Gasteiger charge is 2.36. The molecule has 1 N–H and O–H groups in total. The fourth-order valence-electron chi connectivity index (χ4n) is 4.65. The van der Waals surface area contributed by atoms with E-state index < -0.39 is 17.3 Å². The molecule has 3 aromatic rings. The van der Waals surface area contributed by atoms with Crippen LogP contribution in [0, 0.1) is 11.7 Å². The molecule has 0 spiro atoms. The van der Waals surface area contributed by atoms with Gasteiger partial charge in [0.05, 0.1) is 5.52 Å². The lowest BCUT2D eigenvalue weighted by Crippen LogP contribution is -2.57. The predicted octanol–water partition coefficient (Wildman–Crippen LogP) is 3.52. The summed E-state index contributed by atoms with van der Waals surface area (Å²) in [5.74, 6) is -0.705. The van der Waals surface area contributed by atoms with Gasteiger partial charge in [0, 0.05) is 43.3 Å². The van der Waals surface area contributed by atoms with Gasteiger partial charge < -0.3 is 15.1 Å². The van der Waals surface area contributed by atoms with Crippen molar-refractivity contribution in [2.24, 2.45) is 5.92 Å². The lowest BCUT2D eigenvalue weighted by Gasteiger charge is -2.33. The van der Waals surface area contributed by atoms with Gasteiger partial charge in [0.25, 0.3) is 5.91 Å². The number of carbonyl (C=O) groups is 2. The number of carbonyl (C=O) groups excluding carboxylic acids is 2. The topological polar surface area (TPSA) is 65.5 Å². The maximum atomic E-state index is 13.5. The predicted molar refractivity (Wildman–Crippen MR) is 131 cm³/mol. The Hall–Kier alpha value is -3.32. The highest BCUT2D eigenvalue weighted by atomic mass is 19.1. The van der Waals surface area contributed by atoms with Gasteiger partial charge in [-0.25, -0.2) is 4.39 Å². The summed E-state index contributed by atoms with van der Waals surface area (Å²) in [4.78, 5) is 34.9. The molecule has 1 aliphatic rings. The van der Waals surface area contributed by atoms with Crippen LogP contribution in [0.1, 0.15) is 29.8 Å². The molecule has 1 atom stereocenters. The van der Waals surface area contributed by atoms with E-state index in [0.717, 1.165) is 30.4 Å². The van der Waals surface area contributed by atoms with Crippen molar-refractivity contribution in [2.75, 3.05) is 33.2 Å². The van der Waals surface area contributed by atoms with Crippen molar-refractivity contribution in [3.8, 4) is 0 Å². The van der Waals surface area contributed by atoms with Gasteiger partial charge in [0.1, 0.15) is 11.4 Å². The zero-order valence-electron chi connectivity index (χ0n) is 19.9. The van der Waals surface area contributed by atoms with Crippen LogP contribution in [0.4, 0.5) is 4.39 Å². The van der Waals surface area contributed by atoms with Gasteiger partial charge in [0.15, 0.2) is 0 Å². The van der Waals surface area contributed by atoms with E-state index in [2.05, 4.69) is 46.5 Å². The van der Waals surface area contributed by atoms with Gasteiger partial charge in [0.2, 0.25) is 5.91 Å². The average Bonchev–Trinajstić information content (AvgIpc) is 2.99. The van der Waals surface area contributed by atoms with E-state index in [0.29, 0.717) is 18.7 Å². The smallest absolute Gasteiger partial charge is 0.252 e. The summed E-state index contributed by atoms with van der Waals surface area (Å²) >= 11 is 0. The molecule has 1 aliphatic heterocycles. The third-order valence-corrected chi connectivity index (χ3v) is 6.38. The van der Waals surface area contributed by atoms with Crippen molar-refractivity contribution < 1.29 is 14.0 Å². The fourth-order valence-corrected chi connectivity index (χ4v) is 4.65. The summed E-state index contributed by atoms with van der Waals surface area (Å²) in [7, 11) is 2.07. The molecule has 1 fully saturated rings. The van der Waals surface area contributed by atoms with Gasteiger partial charge in [-0.2, -0.15) is 0 Å². The average molecular weight is 463 g/mol. The van der Waals surface area contributed by atoms with Crippen LogP contribution < -0.4 is 5.32 Å². The summed E-state index contributed by atoms with van der Waals surface area (Å²) in [6, 6.07) is 15.5. The number of para-hydroxylation sites is 1. The van der Waals surface area contributed by atoms with Crippen LogP contribution in [-0.2, 0) is 11.2 Å². The molecule has 0 radical (unpaired) electrons. The van der Waals surface area contributed by atoms with Crippen LogP contribution in [0.2, 0.25) is 0 Å². The van der Waals surface area contributed by atoms with E-state index >= 15 is 0 Å². The Kier molecular flexibility index (Phi) is 6.93. The molecule has 178 valence electrons. The fraction of sp³-hybridized carbons (Fsp3) is 0.370. The lowest BCUT2D eigenvalue weighted by molar-refractivity contribution is -0.137. The second kappa shape index (κ2) is 9.89. The SMILES string of the molecule is CN1CCN(C(=O)C(C)(C)NC(=O)c2ccc(F)cc2)C[C@H](Cc2cccc3cccnc23)C1. The van der Waals surface area contributed by atoms with E-state index in [9.17, 15) is 14.0 Å². The number of likely N-dealkylation sites (N-methyl/N-ethyl adjacent to an activating group) is 1. The van der Waals surface area contributed by atoms with Gasteiger partial charge in [-0.3, -0.25) is 14.6 Å². The molecule has 4 rings (SSSR count). The van der Waals surface area contributed by atoms with Crippen LogP contribution in [-0.4, -0.2) is 65.4 Å². The molecule has 0 saturated carbocycles. The van der Waals surface area contributed by atoms with Crippen molar-refractivity contribution in [1.29, 1.82) is 0 Å². The maximum absolute atomic E-state index is 13.5. The molecule has 34 heavy (non-hydrogen) atoms. The molecule has 7 heteroatoms. The normalized spacial score (nSPS) is 17.4. The van der Waals surface area contributed by atoms with E-state index in [1.54, 1.807) is 13.8 Å². The summed E-state index contributed by atoms with van der Waals surface area (Å²) in [6.45, 7) is 6.26. The monoisotopic (exact) mass is 462 g/mol. The quantitative estimate of drug-likeness (QED) is 0.630. The number of hydrogen-bond donors (Lipinski definition) is 1. The third kappa shape index (κ3) is 5.42. The molecular weight excluding hydrogens is 431 g/mol. The van der Waals surface area contributed by atoms with Crippen molar-refractivity contribution in [2.45, 2.75) is 25.8 Å². The van der Waals surface area contributed by atoms with Crippen LogP contribution in [0.25, 0.3) is 10.9 Å². The molecule has 1 saturated heterocycles. The number of pyridine rings is 1. The van der Waals surface area contributed by atoms with E-state index in [-0.39, 0.29) is 11.8 Å². The molecule has 6 nitrogen and oxygen atoms in total. The number of rotatable bonds is 5. The number of fused-ring (bicyclic) bond motifs is 1. The first kappa shape index (κ1) is 23.8. The van der Waals surface area contributed by atoms with Crippen molar-refractivity contribution in [1.82, 2.24) is 20.1 Å². The van der Waals surface area contributed by atoms with Crippen LogP contribution in [0.15, 0.2) is 60.8 Å². The summed E-state index contributed by atoms with van der Waals surface area (Å²) in [6.07, 6.45) is 2.62. The Labute approximate surface area is 199 Å². The Morgan fingerprint density at radius 1 is 1.06 bits per heavy atom. The zero-order valence-corrected chi connectivity index (χ0v) is 19.9. The number of benzene rings is 2. The molecule has 0 aliphatic carbocycles. The van der Waals surface area contributed by atoms with Gasteiger partial charge in [-0.15, -0.1) is 0 Å². The second-order valence-electron chi connectivity index (χ2n) is 9.66. The minimum absolute atomic E-state index is 0.126.